The van der Waals surface area contributed by atoms with Gasteiger partial charge in [-0.15, -0.1) is 0 Å². The fraction of sp³-hybridized carbons (Fsp3) is 0.632. The van der Waals surface area contributed by atoms with E-state index in [-0.39, 0.29) is 6.04 Å². The lowest BCUT2D eigenvalue weighted by Crippen LogP contribution is -2.44. The van der Waals surface area contributed by atoms with Gasteiger partial charge in [-0.3, -0.25) is 9.89 Å². The van der Waals surface area contributed by atoms with Gasteiger partial charge in [0.15, 0.2) is 5.96 Å². The molecule has 0 saturated heterocycles. The predicted molar refractivity (Wildman–Crippen MR) is 109 cm³/mol. The highest BCUT2D eigenvalue weighted by Crippen LogP contribution is 2.26. The van der Waals surface area contributed by atoms with Crippen LogP contribution in [0.3, 0.4) is 0 Å². The molecule has 1 unspecified atom stereocenters. The molecule has 1 rings (SSSR count). The molecule has 0 bridgehead atoms. The average Bonchev–Trinajstić information content (AvgIpc) is 2.66. The molecule has 0 amide bonds. The molecule has 148 valence electrons. The van der Waals surface area contributed by atoms with E-state index in [0.717, 1.165) is 36.2 Å². The van der Waals surface area contributed by atoms with E-state index >= 15 is 0 Å². The Morgan fingerprint density at radius 2 is 1.88 bits per heavy atom. The van der Waals surface area contributed by atoms with Crippen molar-refractivity contribution in [3.8, 4) is 0 Å². The van der Waals surface area contributed by atoms with Gasteiger partial charge in [0, 0.05) is 32.3 Å². The summed E-state index contributed by atoms with van der Waals surface area (Å²) in [7, 11) is 3.43. The van der Waals surface area contributed by atoms with Gasteiger partial charge in [0.05, 0.1) is 25.9 Å². The lowest BCUT2D eigenvalue weighted by atomic mass is 10.0. The van der Waals surface area contributed by atoms with Crippen molar-refractivity contribution >= 4 is 17.6 Å². The Bertz CT molecular complexity index is 524. The molecule has 26 heavy (non-hydrogen) atoms. The van der Waals surface area contributed by atoms with E-state index in [1.165, 1.54) is 0 Å². The van der Waals surface area contributed by atoms with Crippen molar-refractivity contribution in [1.29, 1.82) is 0 Å². The van der Waals surface area contributed by atoms with Crippen molar-refractivity contribution < 1.29 is 9.47 Å². The van der Waals surface area contributed by atoms with Crippen LogP contribution in [0.5, 0.6) is 0 Å². The number of benzene rings is 1. The second-order valence-corrected chi connectivity index (χ2v) is 6.15. The molecule has 0 spiro atoms. The third-order valence-corrected chi connectivity index (χ3v) is 4.52. The quantitative estimate of drug-likeness (QED) is 0.329. The zero-order valence-electron chi connectivity index (χ0n) is 16.4. The lowest BCUT2D eigenvalue weighted by molar-refractivity contribution is 0.0733. The number of guanidine groups is 1. The van der Waals surface area contributed by atoms with E-state index in [2.05, 4.69) is 40.4 Å². The van der Waals surface area contributed by atoms with Crippen LogP contribution < -0.4 is 10.6 Å². The van der Waals surface area contributed by atoms with E-state index in [1.54, 1.807) is 14.2 Å². The van der Waals surface area contributed by atoms with Gasteiger partial charge >= 0.3 is 0 Å². The minimum Gasteiger partial charge on any atom is -0.382 e. The zero-order chi connectivity index (χ0) is 19.2. The van der Waals surface area contributed by atoms with Crippen molar-refractivity contribution in [2.24, 2.45) is 4.99 Å². The number of methoxy groups -OCH3 is 1. The number of halogens is 1. The fourth-order valence-electron chi connectivity index (χ4n) is 2.75. The molecule has 7 heteroatoms. The molecule has 1 atom stereocenters. The molecule has 1 aromatic rings. The Labute approximate surface area is 162 Å². The van der Waals surface area contributed by atoms with Crippen LogP contribution in [0, 0.1) is 0 Å². The Hall–Kier alpha value is -1.34. The van der Waals surface area contributed by atoms with Gasteiger partial charge in [-0.05, 0) is 24.7 Å². The molecule has 0 fully saturated rings. The smallest absolute Gasteiger partial charge is 0.191 e. The average molecular weight is 385 g/mol. The normalized spacial score (nSPS) is 13.1. The van der Waals surface area contributed by atoms with Crippen LogP contribution in [-0.4, -0.2) is 71.0 Å². The summed E-state index contributed by atoms with van der Waals surface area (Å²) in [5.41, 5.74) is 1.13. The summed E-state index contributed by atoms with van der Waals surface area (Å²) in [6.07, 6.45) is 0. The molecular weight excluding hydrogens is 352 g/mol. The first-order valence-electron chi connectivity index (χ1n) is 9.17. The monoisotopic (exact) mass is 384 g/mol. The number of nitrogens with one attached hydrogen (secondary N) is 2. The minimum absolute atomic E-state index is 0.176. The summed E-state index contributed by atoms with van der Waals surface area (Å²) in [4.78, 5) is 6.67. The number of hydrogen-bond donors (Lipinski definition) is 2. The maximum Gasteiger partial charge on any atom is 0.191 e. The van der Waals surface area contributed by atoms with E-state index < -0.39 is 0 Å². The number of nitrogens with zero attached hydrogens (tertiary/aromatic N) is 2. The summed E-state index contributed by atoms with van der Waals surface area (Å²) < 4.78 is 10.4. The Kier molecular flexibility index (Phi) is 12.1. The number of rotatable bonds is 12. The van der Waals surface area contributed by atoms with Crippen LogP contribution >= 0.6 is 11.6 Å². The molecule has 6 nitrogen and oxygen atoms in total. The fourth-order valence-corrected chi connectivity index (χ4v) is 3.01. The van der Waals surface area contributed by atoms with Crippen LogP contribution in [0.1, 0.15) is 25.5 Å². The van der Waals surface area contributed by atoms with Crippen molar-refractivity contribution in [3.63, 3.8) is 0 Å². The third kappa shape index (κ3) is 7.91. The summed E-state index contributed by atoms with van der Waals surface area (Å²) >= 11 is 6.44. The van der Waals surface area contributed by atoms with Crippen LogP contribution in [0.4, 0.5) is 0 Å². The van der Waals surface area contributed by atoms with Gasteiger partial charge < -0.3 is 20.1 Å². The second kappa shape index (κ2) is 13.8. The first-order valence-corrected chi connectivity index (χ1v) is 9.55. The first kappa shape index (κ1) is 22.7. The first-order chi connectivity index (χ1) is 12.7. The standard InChI is InChI=1S/C19H33ClN4O2/c1-5-24(6-2)18(16-9-7-8-10-17(16)20)15-23-19(21-3)22-11-12-26-14-13-25-4/h7-10,18H,5-6,11-15H2,1-4H3,(H2,21,22,23). The molecule has 0 heterocycles. The largest absolute Gasteiger partial charge is 0.382 e. The van der Waals surface area contributed by atoms with E-state index in [4.69, 9.17) is 21.1 Å². The Morgan fingerprint density at radius 1 is 1.15 bits per heavy atom. The number of hydrogen-bond acceptors (Lipinski definition) is 4. The highest BCUT2D eigenvalue weighted by molar-refractivity contribution is 6.31. The number of aliphatic imine (C=N–C) groups is 1. The molecular formula is C19H33ClN4O2. The summed E-state index contributed by atoms with van der Waals surface area (Å²) in [6, 6.07) is 8.20. The molecule has 0 aliphatic carbocycles. The SMILES string of the molecule is CCN(CC)C(CNC(=NC)NCCOCCOC)c1ccccc1Cl. The maximum absolute atomic E-state index is 6.44. The van der Waals surface area contributed by atoms with Crippen LogP contribution in [0.15, 0.2) is 29.3 Å². The Morgan fingerprint density at radius 3 is 2.50 bits per heavy atom. The van der Waals surface area contributed by atoms with Crippen molar-refractivity contribution in [2.45, 2.75) is 19.9 Å². The van der Waals surface area contributed by atoms with Crippen LogP contribution in [0.25, 0.3) is 0 Å². The molecule has 0 radical (unpaired) electrons. The Balaban J connectivity index is 2.60. The zero-order valence-corrected chi connectivity index (χ0v) is 17.2. The van der Waals surface area contributed by atoms with Crippen molar-refractivity contribution in [1.82, 2.24) is 15.5 Å². The molecule has 1 aromatic carbocycles. The van der Waals surface area contributed by atoms with Crippen molar-refractivity contribution in [3.05, 3.63) is 34.9 Å². The molecule has 0 aliphatic rings. The highest BCUT2D eigenvalue weighted by atomic mass is 35.5. The maximum atomic E-state index is 6.44. The molecule has 2 N–H and O–H groups in total. The van der Waals surface area contributed by atoms with Crippen LogP contribution in [0.2, 0.25) is 5.02 Å². The summed E-state index contributed by atoms with van der Waals surface area (Å²) in [5.74, 6) is 0.754. The van der Waals surface area contributed by atoms with Gasteiger partial charge in [0.2, 0.25) is 0 Å². The minimum atomic E-state index is 0.176. The van der Waals surface area contributed by atoms with E-state index in [1.807, 2.05) is 18.2 Å². The topological polar surface area (TPSA) is 58.1 Å². The number of ether oxygens (including phenoxy) is 2. The molecule has 0 aliphatic heterocycles. The highest BCUT2D eigenvalue weighted by Gasteiger charge is 2.20. The number of likely N-dealkylation sites (N-methyl/N-ethyl adjacent to an activating group) is 1. The summed E-state index contributed by atoms with van der Waals surface area (Å²) in [6.45, 7) is 9.45. The van der Waals surface area contributed by atoms with Gasteiger partial charge in [-0.2, -0.15) is 0 Å². The van der Waals surface area contributed by atoms with Gasteiger partial charge in [-0.25, -0.2) is 0 Å². The lowest BCUT2D eigenvalue weighted by Gasteiger charge is -2.31. The van der Waals surface area contributed by atoms with E-state index in [9.17, 15) is 0 Å². The molecule has 0 aromatic heterocycles. The summed E-state index contributed by atoms with van der Waals surface area (Å²) in [5, 5.41) is 7.46. The predicted octanol–water partition coefficient (Wildman–Crippen LogP) is 2.55. The van der Waals surface area contributed by atoms with Crippen molar-refractivity contribution in [2.75, 3.05) is 60.2 Å². The van der Waals surface area contributed by atoms with Gasteiger partial charge in [-0.1, -0.05) is 43.6 Å². The van der Waals surface area contributed by atoms with Gasteiger partial charge in [0.25, 0.3) is 0 Å². The third-order valence-electron chi connectivity index (χ3n) is 4.17. The van der Waals surface area contributed by atoms with E-state index in [0.29, 0.717) is 26.4 Å². The second-order valence-electron chi connectivity index (χ2n) is 5.74. The van der Waals surface area contributed by atoms with Crippen LogP contribution in [-0.2, 0) is 9.47 Å². The molecule has 0 saturated carbocycles. The van der Waals surface area contributed by atoms with Gasteiger partial charge in [0.1, 0.15) is 0 Å².